The van der Waals surface area contributed by atoms with Crippen LogP contribution in [0.15, 0.2) is 0 Å². The van der Waals surface area contributed by atoms with Crippen LogP contribution in [0.1, 0.15) is 33.1 Å². The van der Waals surface area contributed by atoms with Gasteiger partial charge < -0.3 is 15.5 Å². The van der Waals surface area contributed by atoms with E-state index in [9.17, 15) is 0 Å². The van der Waals surface area contributed by atoms with Crippen LogP contribution in [0.3, 0.4) is 0 Å². The van der Waals surface area contributed by atoms with Gasteiger partial charge in [-0.2, -0.15) is 0 Å². The Labute approximate surface area is 94.6 Å². The van der Waals surface area contributed by atoms with Gasteiger partial charge in [0.15, 0.2) is 0 Å². The van der Waals surface area contributed by atoms with Crippen LogP contribution in [0.2, 0.25) is 0 Å². The average Bonchev–Trinajstić information content (AvgIpc) is 2.50. The molecule has 0 aliphatic carbocycles. The van der Waals surface area contributed by atoms with Crippen LogP contribution in [0.25, 0.3) is 0 Å². The fraction of sp³-hybridized carbons (Fsp3) is 1.00. The van der Waals surface area contributed by atoms with Gasteiger partial charge in [0.1, 0.15) is 0 Å². The predicted molar refractivity (Wildman–Crippen MR) is 66.0 cm³/mol. The number of nitrogens with zero attached hydrogens (tertiary/aromatic N) is 2. The van der Waals surface area contributed by atoms with Crippen LogP contribution in [0, 0.1) is 0 Å². The molecule has 1 rings (SSSR count). The van der Waals surface area contributed by atoms with E-state index in [4.69, 9.17) is 5.73 Å². The van der Waals surface area contributed by atoms with Gasteiger partial charge in [-0.3, -0.25) is 0 Å². The van der Waals surface area contributed by atoms with E-state index in [0.717, 1.165) is 12.5 Å². The molecule has 1 fully saturated rings. The summed E-state index contributed by atoms with van der Waals surface area (Å²) >= 11 is 0. The Balaban J connectivity index is 2.14. The first-order valence-corrected chi connectivity index (χ1v) is 6.06. The van der Waals surface area contributed by atoms with Gasteiger partial charge in [0.05, 0.1) is 0 Å². The SMILES string of the molecule is CN(C)C1CCN(CCCC(C)(C)N)C1. The molecule has 0 aromatic heterocycles. The lowest BCUT2D eigenvalue weighted by Gasteiger charge is -2.22. The number of likely N-dealkylation sites (tertiary alicyclic amines) is 1. The molecule has 0 radical (unpaired) electrons. The lowest BCUT2D eigenvalue weighted by Crippen LogP contribution is -2.34. The summed E-state index contributed by atoms with van der Waals surface area (Å²) < 4.78 is 0. The fourth-order valence-electron chi connectivity index (χ4n) is 2.20. The number of likely N-dealkylation sites (N-methyl/N-ethyl adjacent to an activating group) is 1. The molecule has 0 aromatic carbocycles. The summed E-state index contributed by atoms with van der Waals surface area (Å²) in [5.41, 5.74) is 5.97. The molecular weight excluding hydrogens is 186 g/mol. The monoisotopic (exact) mass is 213 g/mol. The van der Waals surface area contributed by atoms with Gasteiger partial charge in [-0.1, -0.05) is 0 Å². The van der Waals surface area contributed by atoms with Crippen molar-refractivity contribution in [2.24, 2.45) is 5.73 Å². The van der Waals surface area contributed by atoms with Gasteiger partial charge in [0, 0.05) is 18.1 Å². The van der Waals surface area contributed by atoms with E-state index >= 15 is 0 Å². The molecule has 0 aromatic rings. The van der Waals surface area contributed by atoms with E-state index < -0.39 is 0 Å². The Morgan fingerprint density at radius 3 is 2.53 bits per heavy atom. The van der Waals surface area contributed by atoms with Crippen molar-refractivity contribution in [2.45, 2.75) is 44.7 Å². The third-order valence-corrected chi connectivity index (χ3v) is 3.27. The van der Waals surface area contributed by atoms with E-state index in [2.05, 4.69) is 37.7 Å². The molecule has 3 heteroatoms. The maximum atomic E-state index is 5.97. The minimum Gasteiger partial charge on any atom is -0.326 e. The van der Waals surface area contributed by atoms with Gasteiger partial charge in [-0.25, -0.2) is 0 Å². The van der Waals surface area contributed by atoms with Crippen molar-refractivity contribution in [1.82, 2.24) is 9.80 Å². The highest BCUT2D eigenvalue weighted by molar-refractivity contribution is 4.81. The molecule has 0 saturated carbocycles. The summed E-state index contributed by atoms with van der Waals surface area (Å²) in [6.45, 7) is 7.93. The molecule has 90 valence electrons. The highest BCUT2D eigenvalue weighted by atomic mass is 15.2. The highest BCUT2D eigenvalue weighted by Gasteiger charge is 2.23. The van der Waals surface area contributed by atoms with E-state index in [-0.39, 0.29) is 5.54 Å². The molecule has 0 amide bonds. The van der Waals surface area contributed by atoms with Gasteiger partial charge >= 0.3 is 0 Å². The van der Waals surface area contributed by atoms with Crippen LogP contribution in [0.4, 0.5) is 0 Å². The third kappa shape index (κ3) is 4.96. The molecular formula is C12H27N3. The average molecular weight is 213 g/mol. The first-order chi connectivity index (χ1) is 6.88. The number of hydrogen-bond donors (Lipinski definition) is 1. The molecule has 2 N–H and O–H groups in total. The Bertz CT molecular complexity index is 184. The molecule has 0 spiro atoms. The number of nitrogens with two attached hydrogens (primary N) is 1. The summed E-state index contributed by atoms with van der Waals surface area (Å²) in [6.07, 6.45) is 3.67. The van der Waals surface area contributed by atoms with E-state index in [1.54, 1.807) is 0 Å². The Hall–Kier alpha value is -0.120. The molecule has 1 saturated heterocycles. The normalized spacial score (nSPS) is 24.0. The van der Waals surface area contributed by atoms with Gasteiger partial charge in [-0.15, -0.1) is 0 Å². The van der Waals surface area contributed by atoms with Crippen LogP contribution < -0.4 is 5.73 Å². The fourth-order valence-corrected chi connectivity index (χ4v) is 2.20. The summed E-state index contributed by atoms with van der Waals surface area (Å²) in [7, 11) is 4.36. The topological polar surface area (TPSA) is 32.5 Å². The first kappa shape index (κ1) is 12.9. The molecule has 1 aliphatic heterocycles. The number of rotatable bonds is 5. The van der Waals surface area contributed by atoms with Gasteiger partial charge in [-0.05, 0) is 60.3 Å². The molecule has 3 nitrogen and oxygen atoms in total. The van der Waals surface area contributed by atoms with Crippen molar-refractivity contribution in [3.8, 4) is 0 Å². The maximum Gasteiger partial charge on any atom is 0.0229 e. The largest absolute Gasteiger partial charge is 0.326 e. The Kier molecular flexibility index (Phi) is 4.56. The molecule has 1 aliphatic rings. The van der Waals surface area contributed by atoms with Crippen molar-refractivity contribution in [3.63, 3.8) is 0 Å². The molecule has 1 atom stereocenters. The molecule has 1 unspecified atom stereocenters. The summed E-state index contributed by atoms with van der Waals surface area (Å²) in [5.74, 6) is 0. The zero-order chi connectivity index (χ0) is 11.5. The highest BCUT2D eigenvalue weighted by Crippen LogP contribution is 2.15. The van der Waals surface area contributed by atoms with Gasteiger partial charge in [0.25, 0.3) is 0 Å². The second-order valence-electron chi connectivity index (χ2n) is 5.80. The van der Waals surface area contributed by atoms with E-state index in [1.807, 2.05) is 0 Å². The van der Waals surface area contributed by atoms with Crippen LogP contribution in [-0.2, 0) is 0 Å². The van der Waals surface area contributed by atoms with Crippen molar-refractivity contribution in [2.75, 3.05) is 33.7 Å². The summed E-state index contributed by atoms with van der Waals surface area (Å²) in [4.78, 5) is 4.91. The lowest BCUT2D eigenvalue weighted by molar-refractivity contribution is 0.261. The minimum absolute atomic E-state index is 0.000668. The first-order valence-electron chi connectivity index (χ1n) is 6.06. The molecule has 1 heterocycles. The van der Waals surface area contributed by atoms with Crippen LogP contribution >= 0.6 is 0 Å². The molecule has 15 heavy (non-hydrogen) atoms. The van der Waals surface area contributed by atoms with E-state index in [1.165, 1.54) is 32.5 Å². The second-order valence-corrected chi connectivity index (χ2v) is 5.80. The zero-order valence-electron chi connectivity index (χ0n) is 10.8. The van der Waals surface area contributed by atoms with Crippen LogP contribution in [-0.4, -0.2) is 55.1 Å². The predicted octanol–water partition coefficient (Wildman–Crippen LogP) is 1.14. The van der Waals surface area contributed by atoms with Crippen molar-refractivity contribution in [3.05, 3.63) is 0 Å². The van der Waals surface area contributed by atoms with Crippen molar-refractivity contribution in [1.29, 1.82) is 0 Å². The Morgan fingerprint density at radius 1 is 1.40 bits per heavy atom. The molecule has 0 bridgehead atoms. The Morgan fingerprint density at radius 2 is 2.07 bits per heavy atom. The third-order valence-electron chi connectivity index (χ3n) is 3.27. The number of hydrogen-bond acceptors (Lipinski definition) is 3. The van der Waals surface area contributed by atoms with Gasteiger partial charge in [0.2, 0.25) is 0 Å². The lowest BCUT2D eigenvalue weighted by atomic mass is 10.0. The quantitative estimate of drug-likeness (QED) is 0.743. The van der Waals surface area contributed by atoms with Crippen molar-refractivity contribution >= 4 is 0 Å². The standard InChI is InChI=1S/C12H27N3/c1-12(2,13)7-5-8-15-9-6-11(10-15)14(3)4/h11H,5-10,13H2,1-4H3. The summed E-state index contributed by atoms with van der Waals surface area (Å²) in [5, 5.41) is 0. The maximum absolute atomic E-state index is 5.97. The summed E-state index contributed by atoms with van der Waals surface area (Å²) in [6, 6.07) is 0.760. The smallest absolute Gasteiger partial charge is 0.0229 e. The zero-order valence-corrected chi connectivity index (χ0v) is 10.8. The van der Waals surface area contributed by atoms with Crippen LogP contribution in [0.5, 0.6) is 0 Å². The van der Waals surface area contributed by atoms with Crippen molar-refractivity contribution < 1.29 is 0 Å². The van der Waals surface area contributed by atoms with E-state index in [0.29, 0.717) is 0 Å². The second kappa shape index (κ2) is 5.28. The minimum atomic E-state index is 0.000668.